The number of nitrogens with zero attached hydrogens (tertiary/aromatic N) is 4. The molecule has 0 fully saturated rings. The number of hydrogen-bond donors (Lipinski definition) is 0. The highest BCUT2D eigenvalue weighted by molar-refractivity contribution is 7.89. The van der Waals surface area contributed by atoms with Crippen LogP contribution in [0, 0.1) is 5.92 Å². The molecule has 1 amide bonds. The number of rotatable bonds is 3. The Balaban J connectivity index is 1.87. The van der Waals surface area contributed by atoms with Gasteiger partial charge in [-0.05, 0) is 18.1 Å². The van der Waals surface area contributed by atoms with E-state index in [4.69, 9.17) is 0 Å². The molecule has 0 aliphatic carbocycles. The van der Waals surface area contributed by atoms with Crippen molar-refractivity contribution in [2.24, 2.45) is 5.92 Å². The third kappa shape index (κ3) is 2.98. The number of amides is 1. The molecule has 0 atom stereocenters. The highest BCUT2D eigenvalue weighted by Gasteiger charge is 2.35. The van der Waals surface area contributed by atoms with Gasteiger partial charge in [-0.25, -0.2) is 13.4 Å². The van der Waals surface area contributed by atoms with Gasteiger partial charge in [0.1, 0.15) is 11.2 Å². The Kier molecular flexibility index (Phi) is 4.39. The first-order valence-corrected chi connectivity index (χ1v) is 10.4. The molecule has 3 heterocycles. The highest BCUT2D eigenvalue weighted by Crippen LogP contribution is 2.32. The van der Waals surface area contributed by atoms with Crippen LogP contribution in [0.1, 0.15) is 30.0 Å². The van der Waals surface area contributed by atoms with E-state index in [1.165, 1.54) is 4.31 Å². The van der Waals surface area contributed by atoms with Crippen LogP contribution in [0.2, 0.25) is 0 Å². The number of carbonyl (C=O) groups is 1. The van der Waals surface area contributed by atoms with E-state index in [0.29, 0.717) is 36.7 Å². The van der Waals surface area contributed by atoms with Crippen molar-refractivity contribution in [3.05, 3.63) is 54.1 Å². The van der Waals surface area contributed by atoms with Crippen molar-refractivity contribution in [3.8, 4) is 5.69 Å². The molecule has 0 saturated heterocycles. The lowest BCUT2D eigenvalue weighted by molar-refractivity contribution is 0.0793. The van der Waals surface area contributed by atoms with E-state index in [1.54, 1.807) is 40.1 Å². The fraction of sp³-hybridized carbons (Fsp3) is 0.368. The minimum Gasteiger partial charge on any atom is -0.330 e. The highest BCUT2D eigenvalue weighted by atomic mass is 32.2. The van der Waals surface area contributed by atoms with Gasteiger partial charge in [0.15, 0.2) is 5.69 Å². The first kappa shape index (κ1) is 17.9. The Morgan fingerprint density at radius 3 is 2.59 bits per heavy atom. The molecule has 8 heteroatoms. The lowest BCUT2D eigenvalue weighted by Crippen LogP contribution is -2.34. The lowest BCUT2D eigenvalue weighted by atomic mass is 10.2. The van der Waals surface area contributed by atoms with E-state index in [9.17, 15) is 13.2 Å². The maximum atomic E-state index is 13.3. The summed E-state index contributed by atoms with van der Waals surface area (Å²) in [6.07, 6.45) is 5.44. The summed E-state index contributed by atoms with van der Waals surface area (Å²) < 4.78 is 29.7. The molecule has 0 N–H and O–H groups in total. The molecule has 7 nitrogen and oxygen atoms in total. The summed E-state index contributed by atoms with van der Waals surface area (Å²) in [6.45, 7) is 5.56. The molecule has 2 aliphatic rings. The predicted octanol–water partition coefficient (Wildman–Crippen LogP) is 2.04. The van der Waals surface area contributed by atoms with Crippen LogP contribution in [-0.2, 0) is 16.6 Å². The van der Waals surface area contributed by atoms with Crippen LogP contribution < -0.4 is 0 Å². The lowest BCUT2D eigenvalue weighted by Gasteiger charge is -2.22. The molecule has 1 aromatic carbocycles. The topological polar surface area (TPSA) is 75.5 Å². The van der Waals surface area contributed by atoms with Crippen LogP contribution in [0.15, 0.2) is 47.6 Å². The van der Waals surface area contributed by atoms with Crippen molar-refractivity contribution in [3.63, 3.8) is 0 Å². The average Bonchev–Trinajstić information content (AvgIpc) is 3.28. The predicted molar refractivity (Wildman–Crippen MR) is 101 cm³/mol. The molecular weight excluding hydrogens is 364 g/mol. The zero-order chi connectivity index (χ0) is 19.2. The summed E-state index contributed by atoms with van der Waals surface area (Å²) in [5.41, 5.74) is 1.46. The quantitative estimate of drug-likeness (QED) is 0.757. The number of hydrogen-bond acceptors (Lipinski definition) is 4. The van der Waals surface area contributed by atoms with Crippen LogP contribution in [0.5, 0.6) is 0 Å². The molecule has 0 bridgehead atoms. The average molecular weight is 386 g/mol. The van der Waals surface area contributed by atoms with Crippen molar-refractivity contribution in [1.29, 1.82) is 0 Å². The maximum Gasteiger partial charge on any atom is 0.274 e. The van der Waals surface area contributed by atoms with Gasteiger partial charge in [0.25, 0.3) is 5.91 Å². The molecule has 1 aromatic heterocycles. The van der Waals surface area contributed by atoms with E-state index in [1.807, 2.05) is 26.0 Å². The molecule has 0 saturated carbocycles. The molecule has 0 unspecified atom stereocenters. The van der Waals surface area contributed by atoms with Crippen molar-refractivity contribution in [2.75, 3.05) is 19.6 Å². The second kappa shape index (κ2) is 6.61. The number of para-hydroxylation sites is 1. The Labute approximate surface area is 159 Å². The zero-order valence-electron chi connectivity index (χ0n) is 15.4. The van der Waals surface area contributed by atoms with Gasteiger partial charge in [0.05, 0.1) is 17.9 Å². The van der Waals surface area contributed by atoms with E-state index in [2.05, 4.69) is 4.98 Å². The van der Waals surface area contributed by atoms with Crippen molar-refractivity contribution < 1.29 is 13.2 Å². The summed E-state index contributed by atoms with van der Waals surface area (Å²) in [5, 5.41) is 0. The smallest absolute Gasteiger partial charge is 0.274 e. The summed E-state index contributed by atoms with van der Waals surface area (Å²) in [4.78, 5) is 19.2. The molecule has 4 rings (SSSR count). The van der Waals surface area contributed by atoms with E-state index in [-0.39, 0.29) is 23.3 Å². The SMILES string of the molecule is CC(C)CN1Cc2c(C(=O)N3CC=CC3)ncn2-c2ccccc2S1(=O)=O. The second-order valence-corrected chi connectivity index (χ2v) is 9.16. The van der Waals surface area contributed by atoms with Gasteiger partial charge in [-0.3, -0.25) is 9.36 Å². The number of carbonyl (C=O) groups excluding carboxylic acids is 1. The number of sulfonamides is 1. The van der Waals surface area contributed by atoms with Gasteiger partial charge in [0, 0.05) is 19.6 Å². The zero-order valence-corrected chi connectivity index (χ0v) is 16.2. The standard InChI is InChI=1S/C19H22N4O3S/c1-14(2)11-22-12-16-18(19(24)21-9-5-6-10-21)20-13-23(16)15-7-3-4-8-17(15)27(22,25)26/h3-8,13-14H,9-12H2,1-2H3. The van der Waals surface area contributed by atoms with Gasteiger partial charge < -0.3 is 4.90 Å². The van der Waals surface area contributed by atoms with Crippen LogP contribution in [0.3, 0.4) is 0 Å². The van der Waals surface area contributed by atoms with Crippen LogP contribution in [0.25, 0.3) is 5.69 Å². The maximum absolute atomic E-state index is 13.3. The first-order valence-electron chi connectivity index (χ1n) is 8.99. The summed E-state index contributed by atoms with van der Waals surface area (Å²) in [6, 6.07) is 6.87. The van der Waals surface area contributed by atoms with Crippen molar-refractivity contribution in [1.82, 2.24) is 18.8 Å². The summed E-state index contributed by atoms with van der Waals surface area (Å²) in [7, 11) is -3.67. The van der Waals surface area contributed by atoms with E-state index in [0.717, 1.165) is 0 Å². The minimum absolute atomic E-state index is 0.123. The van der Waals surface area contributed by atoms with Gasteiger partial charge in [-0.2, -0.15) is 4.31 Å². The Morgan fingerprint density at radius 2 is 1.89 bits per heavy atom. The van der Waals surface area contributed by atoms with Gasteiger partial charge >= 0.3 is 0 Å². The van der Waals surface area contributed by atoms with Crippen molar-refractivity contribution in [2.45, 2.75) is 25.3 Å². The summed E-state index contributed by atoms with van der Waals surface area (Å²) >= 11 is 0. The van der Waals surface area contributed by atoms with E-state index >= 15 is 0 Å². The van der Waals surface area contributed by atoms with Gasteiger partial charge in [-0.15, -0.1) is 0 Å². The minimum atomic E-state index is -3.67. The largest absolute Gasteiger partial charge is 0.330 e. The van der Waals surface area contributed by atoms with E-state index < -0.39 is 10.0 Å². The first-order chi connectivity index (χ1) is 12.9. The molecule has 0 spiro atoms. The number of imidazole rings is 1. The fourth-order valence-corrected chi connectivity index (χ4v) is 5.29. The third-order valence-corrected chi connectivity index (χ3v) is 6.67. The Bertz CT molecular complexity index is 1020. The number of aromatic nitrogens is 2. The molecule has 27 heavy (non-hydrogen) atoms. The van der Waals surface area contributed by atoms with Crippen LogP contribution >= 0.6 is 0 Å². The third-order valence-electron chi connectivity index (χ3n) is 4.81. The molecule has 0 radical (unpaired) electrons. The molecule has 142 valence electrons. The van der Waals surface area contributed by atoms with Crippen LogP contribution in [0.4, 0.5) is 0 Å². The molecule has 2 aromatic rings. The fourth-order valence-electron chi connectivity index (χ4n) is 3.54. The van der Waals surface area contributed by atoms with Gasteiger partial charge in [-0.1, -0.05) is 38.1 Å². The Morgan fingerprint density at radius 1 is 1.19 bits per heavy atom. The molecular formula is C19H22N4O3S. The van der Waals surface area contributed by atoms with Gasteiger partial charge in [0.2, 0.25) is 10.0 Å². The van der Waals surface area contributed by atoms with Crippen molar-refractivity contribution >= 4 is 15.9 Å². The number of fused-ring (bicyclic) bond motifs is 3. The second-order valence-electron chi connectivity index (χ2n) is 7.25. The molecule has 2 aliphatic heterocycles. The monoisotopic (exact) mass is 386 g/mol. The Hall–Kier alpha value is -2.45. The van der Waals surface area contributed by atoms with Crippen LogP contribution in [-0.4, -0.2) is 52.7 Å². The normalized spacial score (nSPS) is 18.4. The summed E-state index contributed by atoms with van der Waals surface area (Å²) in [5.74, 6) is -0.0154. The number of benzene rings is 1.